The molecule has 1 unspecified atom stereocenters. The lowest BCUT2D eigenvalue weighted by molar-refractivity contribution is -0.131. The zero-order valence-corrected chi connectivity index (χ0v) is 16.6. The van der Waals surface area contributed by atoms with Crippen LogP contribution in [0, 0.1) is 0 Å². The summed E-state index contributed by atoms with van der Waals surface area (Å²) < 4.78 is 0. The first kappa shape index (κ1) is 19.7. The molecule has 0 amide bonds. The van der Waals surface area contributed by atoms with E-state index in [4.69, 9.17) is 5.73 Å². The molecule has 0 aliphatic heterocycles. The van der Waals surface area contributed by atoms with Crippen molar-refractivity contribution in [2.24, 2.45) is 0 Å². The molecule has 0 spiro atoms. The minimum atomic E-state index is -0.444. The number of rotatable bonds is 8. The van der Waals surface area contributed by atoms with Gasteiger partial charge in [-0.1, -0.05) is 25.2 Å². The molecule has 2 aliphatic carbocycles. The summed E-state index contributed by atoms with van der Waals surface area (Å²) in [6.45, 7) is 4.41. The van der Waals surface area contributed by atoms with E-state index in [-0.39, 0.29) is 0 Å². The minimum Gasteiger partial charge on any atom is -0.375 e. The summed E-state index contributed by atoms with van der Waals surface area (Å²) in [4.78, 5) is 31.0. The van der Waals surface area contributed by atoms with Gasteiger partial charge in [0, 0.05) is 10.9 Å². The van der Waals surface area contributed by atoms with Crippen molar-refractivity contribution < 1.29 is 9.59 Å². The number of anilines is 1. The second-order valence-corrected chi connectivity index (χ2v) is 8.22. The predicted octanol–water partition coefficient (Wildman–Crippen LogP) is 3.27. The van der Waals surface area contributed by atoms with E-state index in [1.54, 1.807) is 17.4 Å². The van der Waals surface area contributed by atoms with E-state index < -0.39 is 11.6 Å². The van der Waals surface area contributed by atoms with Crippen molar-refractivity contribution in [3.8, 4) is 0 Å². The van der Waals surface area contributed by atoms with E-state index in [1.807, 2.05) is 6.08 Å². The number of nitrogens with zero attached hydrogens (tertiary/aromatic N) is 2. The molecule has 1 aromatic heterocycles. The number of allylic oxidation sites excluding steroid dienone is 6. The lowest BCUT2D eigenvalue weighted by Gasteiger charge is -2.33. The lowest BCUT2D eigenvalue weighted by atomic mass is 9.95. The van der Waals surface area contributed by atoms with E-state index in [1.165, 1.54) is 22.7 Å². The second-order valence-electron chi connectivity index (χ2n) is 7.11. The third-order valence-corrected chi connectivity index (χ3v) is 6.00. The molecule has 0 fully saturated rings. The van der Waals surface area contributed by atoms with Gasteiger partial charge >= 0.3 is 0 Å². The summed E-state index contributed by atoms with van der Waals surface area (Å²) in [7, 11) is 0. The first-order valence-corrected chi connectivity index (χ1v) is 10.5. The van der Waals surface area contributed by atoms with Gasteiger partial charge in [-0.25, -0.2) is 4.98 Å². The summed E-state index contributed by atoms with van der Waals surface area (Å²) >= 11 is 1.64. The average Bonchev–Trinajstić information content (AvgIpc) is 3.02. The maximum absolute atomic E-state index is 11.4. The Hall–Kier alpha value is -2.05. The summed E-state index contributed by atoms with van der Waals surface area (Å²) in [5, 5.41) is 0.694. The first-order valence-electron chi connectivity index (χ1n) is 9.69. The highest BCUT2D eigenvalue weighted by molar-refractivity contribution is 7.15. The molecule has 1 atom stereocenters. The summed E-state index contributed by atoms with van der Waals surface area (Å²) in [6.07, 6.45) is 14.9. The molecule has 1 aromatic rings. The summed E-state index contributed by atoms with van der Waals surface area (Å²) in [5.41, 5.74) is 7.87. The van der Waals surface area contributed by atoms with Gasteiger partial charge in [0.05, 0.1) is 5.69 Å². The van der Waals surface area contributed by atoms with Gasteiger partial charge in [-0.3, -0.25) is 9.59 Å². The molecule has 1 heterocycles. The Morgan fingerprint density at radius 3 is 2.93 bits per heavy atom. The van der Waals surface area contributed by atoms with Crippen LogP contribution in [0.15, 0.2) is 36.0 Å². The normalized spacial score (nSPS) is 19.8. The maximum Gasteiger partial charge on any atom is 0.226 e. The molecule has 2 N–H and O–H groups in total. The Labute approximate surface area is 164 Å². The molecule has 0 radical (unpaired) electrons. The fourth-order valence-corrected chi connectivity index (χ4v) is 4.66. The molecular weight excluding hydrogens is 358 g/mol. The smallest absolute Gasteiger partial charge is 0.226 e. The van der Waals surface area contributed by atoms with Crippen LogP contribution < -0.4 is 5.73 Å². The Morgan fingerprint density at radius 2 is 2.15 bits per heavy atom. The zero-order chi connectivity index (χ0) is 19.2. The van der Waals surface area contributed by atoms with E-state index in [2.05, 4.69) is 22.9 Å². The van der Waals surface area contributed by atoms with Gasteiger partial charge in [-0.05, 0) is 69.3 Å². The van der Waals surface area contributed by atoms with Crippen LogP contribution in [-0.2, 0) is 22.4 Å². The summed E-state index contributed by atoms with van der Waals surface area (Å²) in [6, 6.07) is 0.578. The number of ketones is 2. The van der Waals surface area contributed by atoms with Crippen molar-refractivity contribution in [3.63, 3.8) is 0 Å². The van der Waals surface area contributed by atoms with Gasteiger partial charge in [0.2, 0.25) is 11.6 Å². The predicted molar refractivity (Wildman–Crippen MR) is 110 cm³/mol. The van der Waals surface area contributed by atoms with Crippen molar-refractivity contribution in [2.45, 2.75) is 51.5 Å². The highest BCUT2D eigenvalue weighted by Crippen LogP contribution is 2.30. The van der Waals surface area contributed by atoms with Gasteiger partial charge in [-0.2, -0.15) is 0 Å². The molecule has 27 heavy (non-hydrogen) atoms. The Balaban J connectivity index is 1.48. The van der Waals surface area contributed by atoms with Crippen LogP contribution in [0.25, 0.3) is 0 Å². The van der Waals surface area contributed by atoms with Crippen LogP contribution in [0.2, 0.25) is 0 Å². The van der Waals surface area contributed by atoms with Gasteiger partial charge in [0.1, 0.15) is 0 Å². The standard InChI is InChI=1S/C21H27N3O2S/c1-2-11-24(16-8-9-17-20(14-16)27-21(22)23-17)12-5-3-4-6-15-7-10-18(25)19(26)13-15/h4,6-7,10,13,16H,2-3,5,8-9,11-12,14H2,1H3,(H2,22,23)/b6-4+. The SMILES string of the molecule is CCCN(CCC/C=C/C1=CC(=O)C(=O)C=C1)C1CCc2nc(N)sc2C1. The minimum absolute atomic E-state index is 0.438. The fourth-order valence-electron chi connectivity index (χ4n) is 3.71. The van der Waals surface area contributed by atoms with Crippen molar-refractivity contribution in [1.29, 1.82) is 0 Å². The number of carbonyl (C=O) groups excluding carboxylic acids is 2. The number of nitrogen functional groups attached to an aromatic ring is 1. The number of unbranched alkanes of at least 4 members (excludes halogenated alkanes) is 1. The zero-order valence-electron chi connectivity index (χ0n) is 15.8. The Kier molecular flexibility index (Phi) is 6.74. The molecule has 0 aromatic carbocycles. The quantitative estimate of drug-likeness (QED) is 0.422. The van der Waals surface area contributed by atoms with E-state index in [0.29, 0.717) is 11.2 Å². The monoisotopic (exact) mass is 385 g/mol. The third kappa shape index (κ3) is 5.23. The largest absolute Gasteiger partial charge is 0.375 e. The number of aryl methyl sites for hydroxylation is 1. The van der Waals surface area contributed by atoms with Crippen LogP contribution in [0.1, 0.15) is 43.2 Å². The molecule has 2 aliphatic rings. The number of fused-ring (bicyclic) bond motifs is 1. The van der Waals surface area contributed by atoms with Gasteiger partial charge in [0.25, 0.3) is 0 Å². The molecule has 5 nitrogen and oxygen atoms in total. The number of aromatic nitrogens is 1. The second kappa shape index (κ2) is 9.24. The molecular formula is C21H27N3O2S. The van der Waals surface area contributed by atoms with Crippen LogP contribution in [-0.4, -0.2) is 40.6 Å². The maximum atomic E-state index is 11.4. The van der Waals surface area contributed by atoms with Crippen LogP contribution >= 0.6 is 11.3 Å². The Bertz CT molecular complexity index is 791. The third-order valence-electron chi connectivity index (χ3n) is 5.05. The van der Waals surface area contributed by atoms with Crippen molar-refractivity contribution in [3.05, 3.63) is 46.5 Å². The first-order chi connectivity index (χ1) is 13.1. The fraction of sp³-hybridized carbons (Fsp3) is 0.476. The number of hydrogen-bond acceptors (Lipinski definition) is 6. The van der Waals surface area contributed by atoms with Crippen LogP contribution in [0.5, 0.6) is 0 Å². The topological polar surface area (TPSA) is 76.3 Å². The van der Waals surface area contributed by atoms with Gasteiger partial charge in [-0.15, -0.1) is 11.3 Å². The summed E-state index contributed by atoms with van der Waals surface area (Å²) in [5.74, 6) is -0.882. The number of nitrogens with two attached hydrogens (primary N) is 1. The highest BCUT2D eigenvalue weighted by atomic mass is 32.1. The van der Waals surface area contributed by atoms with Gasteiger partial charge < -0.3 is 10.6 Å². The van der Waals surface area contributed by atoms with E-state index in [0.717, 1.165) is 57.2 Å². The molecule has 0 saturated heterocycles. The number of carbonyl (C=O) groups is 2. The van der Waals surface area contributed by atoms with Gasteiger partial charge in [0.15, 0.2) is 5.13 Å². The number of thiazole rings is 1. The molecule has 0 saturated carbocycles. The molecule has 6 heteroatoms. The van der Waals surface area contributed by atoms with Crippen molar-refractivity contribution >= 4 is 28.0 Å². The van der Waals surface area contributed by atoms with Crippen molar-refractivity contribution in [2.75, 3.05) is 18.8 Å². The lowest BCUT2D eigenvalue weighted by Crippen LogP contribution is -2.40. The molecule has 0 bridgehead atoms. The molecule has 3 rings (SSSR count). The van der Waals surface area contributed by atoms with Crippen LogP contribution in [0.4, 0.5) is 5.13 Å². The Morgan fingerprint density at radius 1 is 1.30 bits per heavy atom. The average molecular weight is 386 g/mol. The number of hydrogen-bond donors (Lipinski definition) is 1. The van der Waals surface area contributed by atoms with E-state index >= 15 is 0 Å². The highest BCUT2D eigenvalue weighted by Gasteiger charge is 2.26. The van der Waals surface area contributed by atoms with E-state index in [9.17, 15) is 9.59 Å². The molecule has 144 valence electrons. The van der Waals surface area contributed by atoms with Crippen LogP contribution in [0.3, 0.4) is 0 Å². The van der Waals surface area contributed by atoms with Crippen molar-refractivity contribution in [1.82, 2.24) is 9.88 Å².